The van der Waals surface area contributed by atoms with Crippen LogP contribution in [0.15, 0.2) is 0 Å². The molecule has 0 spiro atoms. The van der Waals surface area contributed by atoms with Gasteiger partial charge in [0.2, 0.25) is 5.91 Å². The van der Waals surface area contributed by atoms with Crippen LogP contribution in [0.5, 0.6) is 0 Å². The zero-order chi connectivity index (χ0) is 13.1. The normalized spacial score (nSPS) is 29.6. The highest BCUT2D eigenvalue weighted by molar-refractivity contribution is 5.78. The molecule has 0 aromatic rings. The van der Waals surface area contributed by atoms with Crippen LogP contribution in [0.25, 0.3) is 0 Å². The highest BCUT2D eigenvalue weighted by Crippen LogP contribution is 2.20. The van der Waals surface area contributed by atoms with E-state index in [2.05, 4.69) is 10.6 Å². The van der Waals surface area contributed by atoms with Crippen LogP contribution in [0, 0.1) is 11.8 Å². The summed E-state index contributed by atoms with van der Waals surface area (Å²) >= 11 is 0. The maximum absolute atomic E-state index is 11.8. The SMILES string of the molecule is CC(C(=O)NCC1CCC(C(=O)O)O1)C1CNC1. The van der Waals surface area contributed by atoms with Crippen molar-refractivity contribution in [1.29, 1.82) is 0 Å². The van der Waals surface area contributed by atoms with Crippen molar-refractivity contribution < 1.29 is 19.4 Å². The van der Waals surface area contributed by atoms with Crippen molar-refractivity contribution in [3.63, 3.8) is 0 Å². The van der Waals surface area contributed by atoms with Crippen molar-refractivity contribution >= 4 is 11.9 Å². The minimum Gasteiger partial charge on any atom is -0.479 e. The standard InChI is InChI=1S/C12H20N2O4/c1-7(8-4-13-5-8)11(15)14-6-9-2-3-10(18-9)12(16)17/h7-10,13H,2-6H2,1H3,(H,14,15)(H,16,17). The molecule has 2 heterocycles. The number of ether oxygens (including phenoxy) is 1. The molecule has 2 saturated heterocycles. The van der Waals surface area contributed by atoms with E-state index in [1.165, 1.54) is 0 Å². The second-order valence-corrected chi connectivity index (χ2v) is 5.11. The van der Waals surface area contributed by atoms with Crippen LogP contribution in [-0.4, -0.2) is 48.8 Å². The number of carboxylic acid groups (broad SMARTS) is 1. The molecule has 0 aliphatic carbocycles. The molecule has 2 aliphatic rings. The first-order valence-electron chi connectivity index (χ1n) is 6.44. The average molecular weight is 256 g/mol. The second-order valence-electron chi connectivity index (χ2n) is 5.11. The lowest BCUT2D eigenvalue weighted by Crippen LogP contribution is -2.50. The molecule has 0 aromatic carbocycles. The lowest BCUT2D eigenvalue weighted by atomic mass is 9.88. The van der Waals surface area contributed by atoms with E-state index in [4.69, 9.17) is 9.84 Å². The number of aliphatic carboxylic acids is 1. The molecular formula is C12H20N2O4. The number of hydrogen-bond acceptors (Lipinski definition) is 4. The third kappa shape index (κ3) is 3.00. The molecule has 6 nitrogen and oxygen atoms in total. The first-order valence-corrected chi connectivity index (χ1v) is 6.44. The number of hydrogen-bond donors (Lipinski definition) is 3. The van der Waals surface area contributed by atoms with Gasteiger partial charge in [-0.2, -0.15) is 0 Å². The van der Waals surface area contributed by atoms with Gasteiger partial charge >= 0.3 is 5.97 Å². The summed E-state index contributed by atoms with van der Waals surface area (Å²) in [5, 5.41) is 14.8. The van der Waals surface area contributed by atoms with Crippen LogP contribution in [0.1, 0.15) is 19.8 Å². The molecule has 2 fully saturated rings. The minimum absolute atomic E-state index is 0.00271. The molecule has 0 bridgehead atoms. The maximum atomic E-state index is 11.8. The predicted octanol–water partition coefficient (Wildman–Crippen LogP) is -0.410. The van der Waals surface area contributed by atoms with Gasteiger partial charge in [-0.15, -0.1) is 0 Å². The monoisotopic (exact) mass is 256 g/mol. The van der Waals surface area contributed by atoms with Crippen molar-refractivity contribution in [3.8, 4) is 0 Å². The Balaban J connectivity index is 1.68. The maximum Gasteiger partial charge on any atom is 0.332 e. The Labute approximate surface area is 106 Å². The number of carbonyl (C=O) groups is 2. The van der Waals surface area contributed by atoms with Gasteiger partial charge < -0.3 is 20.5 Å². The van der Waals surface area contributed by atoms with Gasteiger partial charge in [-0.05, 0) is 31.8 Å². The number of carboxylic acids is 1. The van der Waals surface area contributed by atoms with Gasteiger partial charge in [-0.3, -0.25) is 4.79 Å². The second kappa shape index (κ2) is 5.67. The Kier molecular flexibility index (Phi) is 4.19. The van der Waals surface area contributed by atoms with Gasteiger partial charge in [0.1, 0.15) is 0 Å². The lowest BCUT2D eigenvalue weighted by molar-refractivity contribution is -0.149. The average Bonchev–Trinajstić information content (AvgIpc) is 2.72. The quantitative estimate of drug-likeness (QED) is 0.622. The number of rotatable bonds is 5. The van der Waals surface area contributed by atoms with E-state index in [0.717, 1.165) is 13.1 Å². The zero-order valence-corrected chi connectivity index (χ0v) is 10.5. The third-order valence-electron chi connectivity index (χ3n) is 3.82. The van der Waals surface area contributed by atoms with Crippen LogP contribution < -0.4 is 10.6 Å². The van der Waals surface area contributed by atoms with Gasteiger partial charge in [-0.1, -0.05) is 6.92 Å². The Morgan fingerprint density at radius 1 is 1.44 bits per heavy atom. The highest BCUT2D eigenvalue weighted by atomic mass is 16.5. The van der Waals surface area contributed by atoms with Gasteiger partial charge in [0.15, 0.2) is 6.10 Å². The Hall–Kier alpha value is -1.14. The van der Waals surface area contributed by atoms with E-state index in [1.54, 1.807) is 0 Å². The molecular weight excluding hydrogens is 236 g/mol. The molecule has 6 heteroatoms. The molecule has 0 saturated carbocycles. The molecule has 0 radical (unpaired) electrons. The van der Waals surface area contributed by atoms with Crippen molar-refractivity contribution in [2.45, 2.75) is 32.0 Å². The van der Waals surface area contributed by atoms with Crippen LogP contribution in [-0.2, 0) is 14.3 Å². The van der Waals surface area contributed by atoms with Gasteiger partial charge in [-0.25, -0.2) is 4.79 Å². The van der Waals surface area contributed by atoms with Crippen LogP contribution in [0.2, 0.25) is 0 Å². The molecule has 3 unspecified atom stereocenters. The summed E-state index contributed by atoms with van der Waals surface area (Å²) in [4.78, 5) is 22.5. The third-order valence-corrected chi connectivity index (χ3v) is 3.82. The fourth-order valence-electron chi connectivity index (χ4n) is 2.29. The molecule has 2 aliphatic heterocycles. The summed E-state index contributed by atoms with van der Waals surface area (Å²) in [6.07, 6.45) is 0.344. The van der Waals surface area contributed by atoms with E-state index in [1.807, 2.05) is 6.92 Å². The molecule has 102 valence electrons. The largest absolute Gasteiger partial charge is 0.479 e. The molecule has 2 rings (SSSR count). The first kappa shape index (κ1) is 13.3. The van der Waals surface area contributed by atoms with Crippen molar-refractivity contribution in [2.75, 3.05) is 19.6 Å². The van der Waals surface area contributed by atoms with Crippen LogP contribution >= 0.6 is 0 Å². The van der Waals surface area contributed by atoms with Gasteiger partial charge in [0.25, 0.3) is 0 Å². The fraction of sp³-hybridized carbons (Fsp3) is 0.833. The van der Waals surface area contributed by atoms with Crippen LogP contribution in [0.4, 0.5) is 0 Å². The topological polar surface area (TPSA) is 87.7 Å². The zero-order valence-electron chi connectivity index (χ0n) is 10.5. The summed E-state index contributed by atoms with van der Waals surface area (Å²) in [5.41, 5.74) is 0. The van der Waals surface area contributed by atoms with Crippen LogP contribution in [0.3, 0.4) is 0 Å². The summed E-state index contributed by atoms with van der Waals surface area (Å²) < 4.78 is 5.33. The van der Waals surface area contributed by atoms with E-state index < -0.39 is 12.1 Å². The molecule has 18 heavy (non-hydrogen) atoms. The van der Waals surface area contributed by atoms with Crippen molar-refractivity contribution in [2.24, 2.45) is 11.8 Å². The van der Waals surface area contributed by atoms with Crippen molar-refractivity contribution in [3.05, 3.63) is 0 Å². The molecule has 0 aromatic heterocycles. The molecule has 3 N–H and O–H groups in total. The van der Waals surface area contributed by atoms with E-state index in [0.29, 0.717) is 25.3 Å². The summed E-state index contributed by atoms with van der Waals surface area (Å²) in [6.45, 7) is 4.13. The summed E-state index contributed by atoms with van der Waals surface area (Å²) in [5.74, 6) is -0.467. The molecule has 3 atom stereocenters. The summed E-state index contributed by atoms with van der Waals surface area (Å²) in [6, 6.07) is 0. The lowest BCUT2D eigenvalue weighted by Gasteiger charge is -2.31. The van der Waals surface area contributed by atoms with E-state index >= 15 is 0 Å². The highest BCUT2D eigenvalue weighted by Gasteiger charge is 2.32. The van der Waals surface area contributed by atoms with Gasteiger partial charge in [0.05, 0.1) is 6.10 Å². The molecule has 1 amide bonds. The number of amides is 1. The number of carbonyl (C=O) groups excluding carboxylic acids is 1. The fourth-order valence-corrected chi connectivity index (χ4v) is 2.29. The predicted molar refractivity (Wildman–Crippen MR) is 64.1 cm³/mol. The number of nitrogens with one attached hydrogen (secondary N) is 2. The minimum atomic E-state index is -0.919. The Morgan fingerprint density at radius 2 is 2.17 bits per heavy atom. The summed E-state index contributed by atoms with van der Waals surface area (Å²) in [7, 11) is 0. The van der Waals surface area contributed by atoms with E-state index in [-0.39, 0.29) is 17.9 Å². The van der Waals surface area contributed by atoms with E-state index in [9.17, 15) is 9.59 Å². The first-order chi connectivity index (χ1) is 8.58. The Morgan fingerprint density at radius 3 is 2.67 bits per heavy atom. The van der Waals surface area contributed by atoms with Gasteiger partial charge in [0, 0.05) is 12.5 Å². The van der Waals surface area contributed by atoms with Crippen molar-refractivity contribution in [1.82, 2.24) is 10.6 Å². The smallest absolute Gasteiger partial charge is 0.332 e. The Bertz CT molecular complexity index is 330.